The molecule has 2 aromatic carbocycles. The molecule has 0 aliphatic carbocycles. The van der Waals surface area contributed by atoms with E-state index in [-0.39, 0.29) is 11.7 Å². The van der Waals surface area contributed by atoms with E-state index in [9.17, 15) is 9.59 Å². The van der Waals surface area contributed by atoms with Gasteiger partial charge in [0.1, 0.15) is 0 Å². The number of carbonyl (C=O) groups excluding carboxylic acids is 2. The maximum atomic E-state index is 13.1. The van der Waals surface area contributed by atoms with Crippen LogP contribution in [-0.2, 0) is 7.05 Å². The number of rotatable bonds is 4. The number of aryl methyl sites for hydroxylation is 1. The van der Waals surface area contributed by atoms with Gasteiger partial charge < -0.3 is 5.32 Å². The van der Waals surface area contributed by atoms with Gasteiger partial charge in [-0.05, 0) is 50.2 Å². The number of pyridine rings is 1. The van der Waals surface area contributed by atoms with E-state index in [2.05, 4.69) is 10.4 Å². The molecule has 0 radical (unpaired) electrons. The van der Waals surface area contributed by atoms with Crippen molar-refractivity contribution in [2.45, 2.75) is 13.8 Å². The number of benzene rings is 2. The van der Waals surface area contributed by atoms with E-state index in [0.29, 0.717) is 22.5 Å². The topological polar surface area (TPSA) is 76.9 Å². The van der Waals surface area contributed by atoms with Crippen LogP contribution in [0.25, 0.3) is 22.2 Å². The predicted octanol–water partition coefficient (Wildman–Crippen LogP) is 4.40. The number of hydrogen-bond donors (Lipinski definition) is 1. The van der Waals surface area contributed by atoms with Crippen LogP contribution < -0.4 is 5.32 Å². The molecule has 1 N–H and O–H groups in total. The minimum atomic E-state index is -0.234. The van der Waals surface area contributed by atoms with Crippen molar-refractivity contribution in [3.63, 3.8) is 0 Å². The third kappa shape index (κ3) is 3.52. The second-order valence-electron chi connectivity index (χ2n) is 6.93. The summed E-state index contributed by atoms with van der Waals surface area (Å²) < 4.78 is 1.78. The number of amides is 1. The molecule has 0 atom stereocenters. The lowest BCUT2D eigenvalue weighted by Gasteiger charge is -2.11. The number of hydrogen-bond acceptors (Lipinski definition) is 4. The molecule has 1 amide bonds. The van der Waals surface area contributed by atoms with Crippen LogP contribution in [0.1, 0.15) is 33.3 Å². The van der Waals surface area contributed by atoms with Crippen LogP contribution in [-0.4, -0.2) is 26.5 Å². The number of Topliss-reactive ketones (excluding diaryl/α,β-unsaturated/α-hetero) is 1. The normalized spacial score (nSPS) is 10.9. The van der Waals surface area contributed by atoms with Crippen molar-refractivity contribution in [3.05, 3.63) is 77.6 Å². The van der Waals surface area contributed by atoms with E-state index in [1.807, 2.05) is 38.2 Å². The van der Waals surface area contributed by atoms with Gasteiger partial charge in [-0.1, -0.05) is 18.2 Å². The number of para-hydroxylation sites is 1. The van der Waals surface area contributed by atoms with Crippen molar-refractivity contribution in [3.8, 4) is 11.3 Å². The summed E-state index contributed by atoms with van der Waals surface area (Å²) in [6.07, 6.45) is 1.76. The molecule has 2 aromatic heterocycles. The number of anilines is 1. The fourth-order valence-corrected chi connectivity index (χ4v) is 3.24. The standard InChI is InChI=1S/C23H20N4O2/c1-14-20(13-24-27(14)3)22-12-19(18-6-4-5-7-21(18)26-22)23(29)25-17-10-8-16(9-11-17)15(2)28/h4-13H,1-3H3,(H,25,29). The molecule has 0 saturated carbocycles. The Morgan fingerprint density at radius 2 is 1.76 bits per heavy atom. The van der Waals surface area contributed by atoms with Gasteiger partial charge in [0, 0.05) is 34.9 Å². The van der Waals surface area contributed by atoms with Gasteiger partial charge in [-0.2, -0.15) is 5.10 Å². The number of nitrogens with zero attached hydrogens (tertiary/aromatic N) is 3. The van der Waals surface area contributed by atoms with Gasteiger partial charge in [0.25, 0.3) is 5.91 Å². The largest absolute Gasteiger partial charge is 0.322 e. The highest BCUT2D eigenvalue weighted by Crippen LogP contribution is 2.27. The highest BCUT2D eigenvalue weighted by molar-refractivity contribution is 6.13. The van der Waals surface area contributed by atoms with Crippen LogP contribution in [0, 0.1) is 6.92 Å². The Hall–Kier alpha value is -3.80. The first-order chi connectivity index (χ1) is 13.9. The summed E-state index contributed by atoms with van der Waals surface area (Å²) in [5.41, 5.74) is 5.06. The van der Waals surface area contributed by atoms with Crippen molar-refractivity contribution in [1.29, 1.82) is 0 Å². The molecule has 2 heterocycles. The molecular weight excluding hydrogens is 364 g/mol. The van der Waals surface area contributed by atoms with Gasteiger partial charge in [-0.15, -0.1) is 0 Å². The van der Waals surface area contributed by atoms with Crippen LogP contribution in [0.4, 0.5) is 5.69 Å². The summed E-state index contributed by atoms with van der Waals surface area (Å²) >= 11 is 0. The zero-order chi connectivity index (χ0) is 20.5. The van der Waals surface area contributed by atoms with E-state index in [0.717, 1.165) is 22.2 Å². The van der Waals surface area contributed by atoms with Crippen molar-refractivity contribution in [1.82, 2.24) is 14.8 Å². The SMILES string of the molecule is CC(=O)c1ccc(NC(=O)c2cc(-c3cnn(C)c3C)nc3ccccc23)cc1. The van der Waals surface area contributed by atoms with Gasteiger partial charge in [0.15, 0.2) is 5.78 Å². The summed E-state index contributed by atoms with van der Waals surface area (Å²) in [5.74, 6) is -0.249. The summed E-state index contributed by atoms with van der Waals surface area (Å²) in [4.78, 5) is 29.3. The first kappa shape index (κ1) is 18.6. The molecule has 6 heteroatoms. The number of ketones is 1. The highest BCUT2D eigenvalue weighted by Gasteiger charge is 2.16. The Kier molecular flexibility index (Phi) is 4.68. The smallest absolute Gasteiger partial charge is 0.256 e. The number of nitrogens with one attached hydrogen (secondary N) is 1. The van der Waals surface area contributed by atoms with Gasteiger partial charge in [-0.3, -0.25) is 14.3 Å². The monoisotopic (exact) mass is 384 g/mol. The van der Waals surface area contributed by atoms with E-state index in [1.54, 1.807) is 41.2 Å². The molecule has 4 aromatic rings. The van der Waals surface area contributed by atoms with Gasteiger partial charge in [0.05, 0.1) is 23.0 Å². The van der Waals surface area contributed by atoms with Crippen molar-refractivity contribution in [2.75, 3.05) is 5.32 Å². The number of aromatic nitrogens is 3. The fourth-order valence-electron chi connectivity index (χ4n) is 3.24. The van der Waals surface area contributed by atoms with Gasteiger partial charge >= 0.3 is 0 Å². The maximum absolute atomic E-state index is 13.1. The zero-order valence-corrected chi connectivity index (χ0v) is 16.4. The van der Waals surface area contributed by atoms with Gasteiger partial charge in [-0.25, -0.2) is 4.98 Å². The Morgan fingerprint density at radius 3 is 2.41 bits per heavy atom. The molecule has 0 spiro atoms. The highest BCUT2D eigenvalue weighted by atomic mass is 16.1. The van der Waals surface area contributed by atoms with Crippen molar-refractivity contribution in [2.24, 2.45) is 7.05 Å². The molecule has 0 saturated heterocycles. The number of carbonyl (C=O) groups is 2. The maximum Gasteiger partial charge on any atom is 0.256 e. The lowest BCUT2D eigenvalue weighted by Crippen LogP contribution is -2.13. The zero-order valence-electron chi connectivity index (χ0n) is 16.4. The lowest BCUT2D eigenvalue weighted by molar-refractivity contribution is 0.101. The quantitative estimate of drug-likeness (QED) is 0.529. The van der Waals surface area contributed by atoms with E-state index in [4.69, 9.17) is 4.98 Å². The predicted molar refractivity (Wildman–Crippen MR) is 113 cm³/mol. The molecule has 0 aliphatic heterocycles. The molecule has 0 aliphatic rings. The summed E-state index contributed by atoms with van der Waals surface area (Å²) in [6.45, 7) is 3.48. The van der Waals surface area contributed by atoms with E-state index in [1.165, 1.54) is 6.92 Å². The van der Waals surface area contributed by atoms with Crippen molar-refractivity contribution < 1.29 is 9.59 Å². The Morgan fingerprint density at radius 1 is 1.03 bits per heavy atom. The fraction of sp³-hybridized carbons (Fsp3) is 0.130. The molecule has 4 rings (SSSR count). The first-order valence-electron chi connectivity index (χ1n) is 9.25. The minimum absolute atomic E-state index is 0.0144. The molecule has 0 bridgehead atoms. The lowest BCUT2D eigenvalue weighted by atomic mass is 10.0. The van der Waals surface area contributed by atoms with Crippen LogP contribution in [0.3, 0.4) is 0 Å². The van der Waals surface area contributed by atoms with Crippen molar-refractivity contribution >= 4 is 28.3 Å². The van der Waals surface area contributed by atoms with Gasteiger partial charge in [0.2, 0.25) is 0 Å². The molecule has 144 valence electrons. The minimum Gasteiger partial charge on any atom is -0.322 e. The molecular formula is C23H20N4O2. The van der Waals surface area contributed by atoms with Crippen LogP contribution in [0.15, 0.2) is 60.8 Å². The molecule has 6 nitrogen and oxygen atoms in total. The average molecular weight is 384 g/mol. The second kappa shape index (κ2) is 7.31. The number of fused-ring (bicyclic) bond motifs is 1. The average Bonchev–Trinajstić information content (AvgIpc) is 3.06. The van der Waals surface area contributed by atoms with Crippen LogP contribution in [0.5, 0.6) is 0 Å². The third-order valence-corrected chi connectivity index (χ3v) is 5.02. The van der Waals surface area contributed by atoms with Crippen LogP contribution >= 0.6 is 0 Å². The summed E-state index contributed by atoms with van der Waals surface area (Å²) in [7, 11) is 1.87. The Balaban J connectivity index is 1.76. The third-order valence-electron chi connectivity index (χ3n) is 5.02. The van der Waals surface area contributed by atoms with E-state index >= 15 is 0 Å². The Bertz CT molecular complexity index is 1240. The molecule has 0 fully saturated rings. The Labute approximate surface area is 168 Å². The molecule has 0 unspecified atom stereocenters. The first-order valence-corrected chi connectivity index (χ1v) is 9.25. The van der Waals surface area contributed by atoms with Crippen LogP contribution in [0.2, 0.25) is 0 Å². The summed E-state index contributed by atoms with van der Waals surface area (Å²) in [5, 5.41) is 7.98. The second-order valence-corrected chi connectivity index (χ2v) is 6.93. The molecule has 29 heavy (non-hydrogen) atoms. The van der Waals surface area contributed by atoms with E-state index < -0.39 is 0 Å². The summed E-state index contributed by atoms with van der Waals surface area (Å²) in [6, 6.07) is 16.2.